The van der Waals surface area contributed by atoms with Crippen LogP contribution in [0.4, 0.5) is 0 Å². The standard InChI is InChI=1S/C12H14Cl2O8/c1-4(15)17-3-6(18-5(2)16)7-8-9-10(19-7)22-12(20-8,21-9)11(13)14/h6-11H,3H2,1-2H3/t6-,7-,8+,9+,10+,12+/m1/s1. The molecule has 124 valence electrons. The van der Waals surface area contributed by atoms with Gasteiger partial charge in [0, 0.05) is 13.8 Å². The van der Waals surface area contributed by atoms with Crippen LogP contribution in [0.15, 0.2) is 0 Å². The molecule has 0 N–H and O–H groups in total. The van der Waals surface area contributed by atoms with Crippen molar-refractivity contribution < 1.29 is 38.0 Å². The minimum Gasteiger partial charge on any atom is -0.462 e. The van der Waals surface area contributed by atoms with Crippen molar-refractivity contribution in [3.05, 3.63) is 0 Å². The van der Waals surface area contributed by atoms with Gasteiger partial charge in [0.25, 0.3) is 0 Å². The van der Waals surface area contributed by atoms with E-state index in [2.05, 4.69) is 0 Å². The third-order valence-corrected chi connectivity index (χ3v) is 4.02. The fourth-order valence-electron chi connectivity index (χ4n) is 2.69. The molecule has 0 radical (unpaired) electrons. The number of ether oxygens (including phenoxy) is 6. The van der Waals surface area contributed by atoms with Crippen LogP contribution in [0.25, 0.3) is 0 Å². The largest absolute Gasteiger partial charge is 0.462 e. The van der Waals surface area contributed by atoms with E-state index in [1.807, 2.05) is 0 Å². The van der Waals surface area contributed by atoms with Crippen molar-refractivity contribution in [2.45, 2.75) is 55.4 Å². The van der Waals surface area contributed by atoms with Crippen molar-refractivity contribution in [3.8, 4) is 0 Å². The molecular formula is C12H14Cl2O8. The average molecular weight is 357 g/mol. The number of carbonyl (C=O) groups is 2. The first-order valence-electron chi connectivity index (χ1n) is 6.60. The second-order valence-electron chi connectivity index (χ2n) is 5.11. The van der Waals surface area contributed by atoms with Crippen molar-refractivity contribution in [1.82, 2.24) is 0 Å². The number of halogens is 2. The number of esters is 2. The minimum absolute atomic E-state index is 0.170. The van der Waals surface area contributed by atoms with Gasteiger partial charge in [0.15, 0.2) is 17.2 Å². The quantitative estimate of drug-likeness (QED) is 0.519. The molecule has 0 spiro atoms. The van der Waals surface area contributed by atoms with Crippen molar-refractivity contribution >= 4 is 35.1 Å². The second-order valence-corrected chi connectivity index (χ2v) is 6.20. The highest BCUT2D eigenvalue weighted by molar-refractivity contribution is 6.44. The summed E-state index contributed by atoms with van der Waals surface area (Å²) in [6, 6.07) is 0. The van der Waals surface area contributed by atoms with Crippen LogP contribution in [0.3, 0.4) is 0 Å². The zero-order chi connectivity index (χ0) is 16.1. The third kappa shape index (κ3) is 2.68. The van der Waals surface area contributed by atoms with E-state index in [1.165, 1.54) is 13.8 Å². The molecule has 6 atom stereocenters. The van der Waals surface area contributed by atoms with Gasteiger partial charge < -0.3 is 23.7 Å². The Balaban J connectivity index is 1.74. The highest BCUT2D eigenvalue weighted by atomic mass is 35.5. The molecule has 0 saturated carbocycles. The van der Waals surface area contributed by atoms with E-state index in [0.717, 1.165) is 0 Å². The molecule has 3 saturated heterocycles. The van der Waals surface area contributed by atoms with Gasteiger partial charge in [-0.2, -0.15) is 0 Å². The molecule has 3 aliphatic heterocycles. The van der Waals surface area contributed by atoms with E-state index < -0.39 is 53.5 Å². The van der Waals surface area contributed by atoms with Crippen molar-refractivity contribution in [2.24, 2.45) is 0 Å². The van der Waals surface area contributed by atoms with Gasteiger partial charge in [-0.05, 0) is 0 Å². The number of hydrogen-bond acceptors (Lipinski definition) is 8. The lowest BCUT2D eigenvalue weighted by molar-refractivity contribution is -0.313. The Morgan fingerprint density at radius 3 is 2.32 bits per heavy atom. The molecule has 0 unspecified atom stereocenters. The summed E-state index contributed by atoms with van der Waals surface area (Å²) in [5, 5.41) is 0. The van der Waals surface area contributed by atoms with Crippen LogP contribution >= 0.6 is 23.2 Å². The van der Waals surface area contributed by atoms with Crippen LogP contribution in [0.2, 0.25) is 0 Å². The van der Waals surface area contributed by atoms with Gasteiger partial charge in [-0.1, -0.05) is 23.2 Å². The minimum atomic E-state index is -1.58. The van der Waals surface area contributed by atoms with Crippen molar-refractivity contribution in [2.75, 3.05) is 6.61 Å². The molecule has 3 aliphatic rings. The molecule has 3 rings (SSSR count). The number of alkyl halides is 2. The second kappa shape index (κ2) is 5.77. The fourth-order valence-corrected chi connectivity index (χ4v) is 3.00. The highest BCUT2D eigenvalue weighted by Crippen LogP contribution is 2.52. The summed E-state index contributed by atoms with van der Waals surface area (Å²) in [7, 11) is 0. The Labute approximate surface area is 135 Å². The monoisotopic (exact) mass is 356 g/mol. The molecule has 0 aromatic rings. The molecule has 3 heterocycles. The zero-order valence-corrected chi connectivity index (χ0v) is 13.2. The topological polar surface area (TPSA) is 89.5 Å². The molecule has 8 nitrogen and oxygen atoms in total. The Morgan fingerprint density at radius 1 is 1.14 bits per heavy atom. The summed E-state index contributed by atoms with van der Waals surface area (Å²) in [4.78, 5) is 21.1. The van der Waals surface area contributed by atoms with Gasteiger partial charge in [-0.15, -0.1) is 0 Å². The number of carbonyl (C=O) groups excluding carboxylic acids is 2. The fraction of sp³-hybridized carbons (Fsp3) is 0.833. The number of hydrogen-bond donors (Lipinski definition) is 0. The van der Waals surface area contributed by atoms with Gasteiger partial charge in [0.1, 0.15) is 24.9 Å². The molecule has 22 heavy (non-hydrogen) atoms. The summed E-state index contributed by atoms with van der Waals surface area (Å²) in [6.45, 7) is 2.32. The zero-order valence-electron chi connectivity index (χ0n) is 11.7. The normalized spacial score (nSPS) is 40.0. The highest BCUT2D eigenvalue weighted by Gasteiger charge is 2.71. The van der Waals surface area contributed by atoms with Crippen molar-refractivity contribution in [1.29, 1.82) is 0 Å². The Hall–Kier alpha value is -0.640. The lowest BCUT2D eigenvalue weighted by Crippen LogP contribution is -2.46. The van der Waals surface area contributed by atoms with Crippen LogP contribution < -0.4 is 0 Å². The van der Waals surface area contributed by atoms with Gasteiger partial charge >= 0.3 is 17.9 Å². The lowest BCUT2D eigenvalue weighted by atomic mass is 10.1. The Kier molecular flexibility index (Phi) is 4.26. The van der Waals surface area contributed by atoms with Crippen LogP contribution in [0, 0.1) is 0 Å². The SMILES string of the molecule is CC(=O)OC[C@@H](OC(C)=O)[C@H]1O[C@H]2O[C@@]3(C(Cl)Cl)O[C@@H]1[C@@H]2O3. The van der Waals surface area contributed by atoms with E-state index in [-0.39, 0.29) is 6.61 Å². The number of fused-ring (bicyclic) bond motifs is 1. The van der Waals surface area contributed by atoms with Crippen LogP contribution in [-0.2, 0) is 38.0 Å². The third-order valence-electron chi connectivity index (χ3n) is 3.49. The predicted molar refractivity (Wildman–Crippen MR) is 69.9 cm³/mol. The summed E-state index contributed by atoms with van der Waals surface area (Å²) in [6.07, 6.45) is -3.46. The summed E-state index contributed by atoms with van der Waals surface area (Å²) in [5.41, 5.74) is 0. The van der Waals surface area contributed by atoms with Gasteiger partial charge in [0.2, 0.25) is 0 Å². The maximum absolute atomic E-state index is 11.2. The molecule has 0 aromatic carbocycles. The summed E-state index contributed by atoms with van der Waals surface area (Å²) in [5.74, 6) is -2.63. The number of rotatable bonds is 5. The van der Waals surface area contributed by atoms with Crippen LogP contribution in [-0.4, -0.2) is 60.1 Å². The van der Waals surface area contributed by atoms with E-state index in [0.29, 0.717) is 0 Å². The van der Waals surface area contributed by atoms with Gasteiger partial charge in [-0.3, -0.25) is 14.3 Å². The van der Waals surface area contributed by atoms with Gasteiger partial charge in [0.05, 0.1) is 0 Å². The average Bonchev–Trinajstić information content (AvgIpc) is 3.00. The predicted octanol–water partition coefficient (Wildman–Crippen LogP) is 0.478. The van der Waals surface area contributed by atoms with Gasteiger partial charge in [-0.25, -0.2) is 0 Å². The maximum atomic E-state index is 11.2. The molecule has 10 heteroatoms. The summed E-state index contributed by atoms with van der Waals surface area (Å²) < 4.78 is 32.3. The van der Waals surface area contributed by atoms with E-state index in [1.54, 1.807) is 0 Å². The Morgan fingerprint density at radius 2 is 1.82 bits per heavy atom. The molecule has 0 amide bonds. The smallest absolute Gasteiger partial charge is 0.318 e. The van der Waals surface area contributed by atoms with E-state index in [9.17, 15) is 9.59 Å². The molecule has 0 aliphatic carbocycles. The first-order valence-corrected chi connectivity index (χ1v) is 7.47. The van der Waals surface area contributed by atoms with E-state index >= 15 is 0 Å². The summed E-state index contributed by atoms with van der Waals surface area (Å²) >= 11 is 11.6. The maximum Gasteiger partial charge on any atom is 0.318 e. The first-order chi connectivity index (χ1) is 10.3. The Bertz CT molecular complexity index is 482. The van der Waals surface area contributed by atoms with Crippen molar-refractivity contribution in [3.63, 3.8) is 0 Å². The first kappa shape index (κ1) is 16.2. The van der Waals surface area contributed by atoms with Crippen LogP contribution in [0.1, 0.15) is 13.8 Å². The molecule has 0 aromatic heterocycles. The molecular weight excluding hydrogens is 343 g/mol. The lowest BCUT2D eigenvalue weighted by Gasteiger charge is -2.27. The molecule has 3 fully saturated rings. The van der Waals surface area contributed by atoms with Crippen LogP contribution in [0.5, 0.6) is 0 Å². The molecule has 2 bridgehead atoms. The van der Waals surface area contributed by atoms with E-state index in [4.69, 9.17) is 51.6 Å².